The number of ether oxygens (including phenoxy) is 1. The van der Waals surface area contributed by atoms with Crippen molar-refractivity contribution in [2.75, 3.05) is 18.5 Å². The summed E-state index contributed by atoms with van der Waals surface area (Å²) in [5, 5.41) is 24.0. The molecular formula is C22H22ClFN2O5. The predicted molar refractivity (Wildman–Crippen MR) is 113 cm³/mol. The molecule has 0 spiro atoms. The van der Waals surface area contributed by atoms with Gasteiger partial charge in [-0.2, -0.15) is 0 Å². The molecule has 0 saturated carbocycles. The number of hydrogen-bond acceptors (Lipinski definition) is 5. The van der Waals surface area contributed by atoms with Gasteiger partial charge in [-0.25, -0.2) is 4.39 Å². The minimum absolute atomic E-state index is 0.00964. The summed E-state index contributed by atoms with van der Waals surface area (Å²) in [6, 6.07) is 8.90. The third kappa shape index (κ3) is 5.61. The maximum atomic E-state index is 13.7. The van der Waals surface area contributed by atoms with E-state index in [1.54, 1.807) is 19.1 Å². The monoisotopic (exact) mass is 448 g/mol. The van der Waals surface area contributed by atoms with Gasteiger partial charge in [0.05, 0.1) is 11.6 Å². The van der Waals surface area contributed by atoms with Gasteiger partial charge in [0, 0.05) is 35.9 Å². The summed E-state index contributed by atoms with van der Waals surface area (Å²) >= 11 is 6.17. The molecule has 2 aromatic rings. The van der Waals surface area contributed by atoms with E-state index < -0.39 is 30.4 Å². The molecule has 0 aromatic heterocycles. The van der Waals surface area contributed by atoms with Gasteiger partial charge >= 0.3 is 0 Å². The lowest BCUT2D eigenvalue weighted by atomic mass is 9.86. The number of anilines is 1. The van der Waals surface area contributed by atoms with Crippen molar-refractivity contribution in [3.63, 3.8) is 0 Å². The average molecular weight is 449 g/mol. The number of amides is 2. The number of hydrogen-bond donors (Lipinski definition) is 4. The number of rotatable bonds is 7. The summed E-state index contributed by atoms with van der Waals surface area (Å²) in [5.41, 5.74) is 1.87. The van der Waals surface area contributed by atoms with E-state index in [-0.39, 0.29) is 35.3 Å². The van der Waals surface area contributed by atoms with Gasteiger partial charge in [-0.1, -0.05) is 23.7 Å². The van der Waals surface area contributed by atoms with Crippen molar-refractivity contribution in [2.45, 2.75) is 25.4 Å². The Balaban J connectivity index is 1.84. The summed E-state index contributed by atoms with van der Waals surface area (Å²) < 4.78 is 19.1. The van der Waals surface area contributed by atoms with Crippen molar-refractivity contribution in [1.82, 2.24) is 5.32 Å². The van der Waals surface area contributed by atoms with Crippen LogP contribution in [0.3, 0.4) is 0 Å². The fourth-order valence-electron chi connectivity index (χ4n) is 3.19. The first kappa shape index (κ1) is 22.7. The van der Waals surface area contributed by atoms with Crippen LogP contribution in [-0.2, 0) is 9.59 Å². The Morgan fingerprint density at radius 3 is 2.87 bits per heavy atom. The van der Waals surface area contributed by atoms with Crippen LogP contribution in [-0.4, -0.2) is 41.3 Å². The fraction of sp³-hybridized carbons (Fsp3) is 0.273. The molecule has 4 N–H and O–H groups in total. The van der Waals surface area contributed by atoms with Crippen LogP contribution in [0.15, 0.2) is 48.2 Å². The summed E-state index contributed by atoms with van der Waals surface area (Å²) in [4.78, 5) is 24.9. The summed E-state index contributed by atoms with van der Waals surface area (Å²) in [6.45, 7) is 1.11. The van der Waals surface area contributed by atoms with Crippen molar-refractivity contribution in [3.8, 4) is 5.75 Å². The molecule has 9 heteroatoms. The van der Waals surface area contributed by atoms with Gasteiger partial charge in [0.2, 0.25) is 5.91 Å². The molecule has 2 aromatic carbocycles. The smallest absolute Gasteiger partial charge is 0.253 e. The molecule has 2 atom stereocenters. The number of aryl methyl sites for hydroxylation is 1. The van der Waals surface area contributed by atoms with Gasteiger partial charge in [0.1, 0.15) is 24.3 Å². The lowest BCUT2D eigenvalue weighted by Gasteiger charge is -2.24. The van der Waals surface area contributed by atoms with Gasteiger partial charge in [-0.3, -0.25) is 9.59 Å². The molecule has 1 unspecified atom stereocenters. The molecule has 0 fully saturated rings. The number of nitrogens with one attached hydrogen (secondary N) is 2. The largest absolute Gasteiger partial charge is 0.489 e. The Hall–Kier alpha value is -2.94. The minimum Gasteiger partial charge on any atom is -0.489 e. The van der Waals surface area contributed by atoms with Crippen molar-refractivity contribution < 1.29 is 28.9 Å². The highest BCUT2D eigenvalue weighted by atomic mass is 35.5. The van der Waals surface area contributed by atoms with Crippen LogP contribution in [0.1, 0.15) is 23.5 Å². The molecule has 2 amide bonds. The Bertz CT molecular complexity index is 1030. The fourth-order valence-corrected chi connectivity index (χ4v) is 3.46. The Kier molecular flexibility index (Phi) is 7.27. The first-order valence-electron chi connectivity index (χ1n) is 9.56. The summed E-state index contributed by atoms with van der Waals surface area (Å²) in [6.07, 6.45) is 0.269. The summed E-state index contributed by atoms with van der Waals surface area (Å²) in [5.74, 6) is -1.58. The van der Waals surface area contributed by atoms with Crippen LogP contribution >= 0.6 is 11.6 Å². The molecule has 1 aliphatic heterocycles. The lowest BCUT2D eigenvalue weighted by Crippen LogP contribution is -2.32. The van der Waals surface area contributed by atoms with E-state index in [0.29, 0.717) is 16.8 Å². The maximum absolute atomic E-state index is 13.7. The van der Waals surface area contributed by atoms with E-state index in [9.17, 15) is 19.1 Å². The molecule has 1 aliphatic rings. The zero-order valence-corrected chi connectivity index (χ0v) is 17.4. The van der Waals surface area contributed by atoms with Crippen LogP contribution in [0.25, 0.3) is 0 Å². The number of aliphatic hydroxyl groups excluding tert-OH is 2. The van der Waals surface area contributed by atoms with Crippen LogP contribution < -0.4 is 15.4 Å². The van der Waals surface area contributed by atoms with E-state index in [0.717, 1.165) is 0 Å². The standard InChI is InChI=1S/C22H22ClFN2O5/c1-12-5-18(23)20(31-11-15(28)10-27)8-19(12)26-22(30)17-9-25-21(29)7-16(17)13-3-2-4-14(24)6-13/h2-6,8-9,15-16,27-28H,7,10-11H2,1H3,(H,25,29)(H,26,30)/t15?,16-/m0/s1. The van der Waals surface area contributed by atoms with Crippen LogP contribution in [0.2, 0.25) is 5.02 Å². The molecule has 7 nitrogen and oxygen atoms in total. The lowest BCUT2D eigenvalue weighted by molar-refractivity contribution is -0.121. The molecular weight excluding hydrogens is 427 g/mol. The molecule has 0 bridgehead atoms. The highest BCUT2D eigenvalue weighted by Crippen LogP contribution is 2.34. The molecule has 3 rings (SSSR count). The Morgan fingerprint density at radius 2 is 2.16 bits per heavy atom. The molecule has 164 valence electrons. The van der Waals surface area contributed by atoms with E-state index in [2.05, 4.69) is 10.6 Å². The quantitative estimate of drug-likeness (QED) is 0.521. The van der Waals surface area contributed by atoms with E-state index in [4.69, 9.17) is 21.4 Å². The number of halogens is 2. The second-order valence-corrected chi connectivity index (χ2v) is 7.59. The van der Waals surface area contributed by atoms with Crippen LogP contribution in [0.4, 0.5) is 10.1 Å². The Labute approximate surface area is 183 Å². The normalized spacial score (nSPS) is 16.9. The van der Waals surface area contributed by atoms with Crippen molar-refractivity contribution in [3.05, 3.63) is 70.1 Å². The highest BCUT2D eigenvalue weighted by Gasteiger charge is 2.29. The molecule has 1 heterocycles. The number of benzene rings is 2. The van der Waals surface area contributed by atoms with E-state index in [1.807, 2.05) is 0 Å². The van der Waals surface area contributed by atoms with Gasteiger partial charge < -0.3 is 25.6 Å². The molecule has 0 saturated heterocycles. The zero-order valence-electron chi connectivity index (χ0n) is 16.7. The third-order valence-corrected chi connectivity index (χ3v) is 5.13. The van der Waals surface area contributed by atoms with Gasteiger partial charge in [0.25, 0.3) is 5.91 Å². The van der Waals surface area contributed by atoms with Gasteiger partial charge in [-0.05, 0) is 36.2 Å². The maximum Gasteiger partial charge on any atom is 0.253 e. The first-order valence-corrected chi connectivity index (χ1v) is 9.94. The third-order valence-electron chi connectivity index (χ3n) is 4.84. The molecule has 0 radical (unpaired) electrons. The zero-order chi connectivity index (χ0) is 22.5. The van der Waals surface area contributed by atoms with Crippen molar-refractivity contribution >= 4 is 29.1 Å². The van der Waals surface area contributed by atoms with Crippen LogP contribution in [0, 0.1) is 12.7 Å². The Morgan fingerprint density at radius 1 is 1.39 bits per heavy atom. The molecule has 31 heavy (non-hydrogen) atoms. The van der Waals surface area contributed by atoms with Gasteiger partial charge in [0.15, 0.2) is 0 Å². The highest BCUT2D eigenvalue weighted by molar-refractivity contribution is 6.32. The second-order valence-electron chi connectivity index (χ2n) is 7.18. The van der Waals surface area contributed by atoms with Crippen molar-refractivity contribution in [2.24, 2.45) is 0 Å². The topological polar surface area (TPSA) is 108 Å². The number of aliphatic hydroxyl groups is 2. The van der Waals surface area contributed by atoms with Crippen molar-refractivity contribution in [1.29, 1.82) is 0 Å². The number of carbonyl (C=O) groups is 2. The average Bonchev–Trinajstić information content (AvgIpc) is 2.74. The van der Waals surface area contributed by atoms with E-state index >= 15 is 0 Å². The predicted octanol–water partition coefficient (Wildman–Crippen LogP) is 2.65. The van der Waals surface area contributed by atoms with Crippen LogP contribution in [0.5, 0.6) is 5.75 Å². The SMILES string of the molecule is Cc1cc(Cl)c(OCC(O)CO)cc1NC(=O)C1=CNC(=O)C[C@H]1c1cccc(F)c1. The van der Waals surface area contributed by atoms with E-state index in [1.165, 1.54) is 30.5 Å². The number of carbonyl (C=O) groups excluding carboxylic acids is 2. The minimum atomic E-state index is -1.07. The first-order chi connectivity index (χ1) is 14.8. The molecule has 0 aliphatic carbocycles. The second kappa shape index (κ2) is 9.91. The van der Waals surface area contributed by atoms with Gasteiger partial charge in [-0.15, -0.1) is 0 Å². The summed E-state index contributed by atoms with van der Waals surface area (Å²) in [7, 11) is 0.